The molecule has 0 aliphatic heterocycles. The van der Waals surface area contributed by atoms with Gasteiger partial charge in [-0.25, -0.2) is 20.8 Å². The van der Waals surface area contributed by atoms with Gasteiger partial charge in [0.05, 0.1) is 5.52 Å². The third kappa shape index (κ3) is 2.15. The number of nitrogen functional groups attached to an aromatic ring is 1. The van der Waals surface area contributed by atoms with Crippen LogP contribution in [0.25, 0.3) is 10.9 Å². The molecule has 3 N–H and O–H groups in total. The molecule has 0 bridgehead atoms. The average molecular weight is 275 g/mol. The maximum atomic E-state index is 5.39. The van der Waals surface area contributed by atoms with Gasteiger partial charge in [-0.2, -0.15) is 0 Å². The molecule has 2 heterocycles. The van der Waals surface area contributed by atoms with Gasteiger partial charge in [-0.3, -0.25) is 5.43 Å². The van der Waals surface area contributed by atoms with Crippen molar-refractivity contribution in [2.45, 2.75) is 9.37 Å². The fourth-order valence-electron chi connectivity index (χ4n) is 1.53. The van der Waals surface area contributed by atoms with E-state index in [2.05, 4.69) is 20.4 Å². The number of hydrazine groups is 1. The van der Waals surface area contributed by atoms with Gasteiger partial charge in [0.25, 0.3) is 0 Å². The first-order valence-corrected chi connectivity index (χ1v) is 6.87. The highest BCUT2D eigenvalue weighted by Gasteiger charge is 2.09. The van der Waals surface area contributed by atoms with E-state index in [0.717, 1.165) is 20.3 Å². The Morgan fingerprint density at radius 1 is 1.22 bits per heavy atom. The summed E-state index contributed by atoms with van der Waals surface area (Å²) in [6.45, 7) is 0. The molecule has 5 nitrogen and oxygen atoms in total. The molecule has 1 aromatic carbocycles. The molecule has 0 saturated carbocycles. The number of hydrogen-bond acceptors (Lipinski definition) is 7. The number of benzene rings is 1. The molecule has 3 aromatic rings. The van der Waals surface area contributed by atoms with Crippen molar-refractivity contribution >= 4 is 39.9 Å². The summed E-state index contributed by atoms with van der Waals surface area (Å²) < 4.78 is 0.946. The maximum Gasteiger partial charge on any atom is 0.238 e. The molecule has 2 aromatic heterocycles. The number of para-hydroxylation sites is 1. The second-order valence-corrected chi connectivity index (χ2v) is 5.54. The van der Waals surface area contributed by atoms with Crippen LogP contribution in [0.3, 0.4) is 0 Å². The fraction of sp³-hybridized carbons (Fsp3) is 0. The smallest absolute Gasteiger partial charge is 0.238 e. The number of anilines is 1. The van der Waals surface area contributed by atoms with E-state index in [9.17, 15) is 0 Å². The third-order valence-electron chi connectivity index (χ3n) is 2.29. The number of aromatic nitrogens is 3. The zero-order chi connectivity index (χ0) is 12.4. The number of nitrogens with two attached hydrogens (primary N) is 1. The predicted molar refractivity (Wildman–Crippen MR) is 73.6 cm³/mol. The largest absolute Gasteiger partial charge is 0.292 e. The summed E-state index contributed by atoms with van der Waals surface area (Å²) in [4.78, 5) is 12.9. The van der Waals surface area contributed by atoms with Crippen molar-refractivity contribution in [3.63, 3.8) is 0 Å². The first kappa shape index (κ1) is 11.4. The quantitative estimate of drug-likeness (QED) is 0.434. The Morgan fingerprint density at radius 2 is 2.11 bits per heavy atom. The molecule has 90 valence electrons. The standard InChI is InChI=1S/C11H9N5S2/c12-16-10-14-8-4-2-1-3-7(8)9(15-10)18-11-13-5-6-17-11/h1-6H,12H2,(H,14,15,16). The van der Waals surface area contributed by atoms with E-state index >= 15 is 0 Å². The number of rotatable bonds is 3. The molecule has 0 radical (unpaired) electrons. The third-order valence-corrected chi connectivity index (χ3v) is 4.18. The van der Waals surface area contributed by atoms with E-state index in [0.29, 0.717) is 5.95 Å². The second kappa shape index (κ2) is 4.89. The summed E-state index contributed by atoms with van der Waals surface area (Å²) in [6, 6.07) is 7.83. The normalized spacial score (nSPS) is 10.7. The minimum absolute atomic E-state index is 0.410. The van der Waals surface area contributed by atoms with Crippen molar-refractivity contribution in [2.75, 3.05) is 5.43 Å². The molecule has 7 heteroatoms. The van der Waals surface area contributed by atoms with Crippen molar-refractivity contribution in [3.8, 4) is 0 Å². The molecule has 0 atom stereocenters. The van der Waals surface area contributed by atoms with Crippen LogP contribution >= 0.6 is 23.1 Å². The monoisotopic (exact) mass is 275 g/mol. The van der Waals surface area contributed by atoms with E-state index in [4.69, 9.17) is 5.84 Å². The highest BCUT2D eigenvalue weighted by molar-refractivity contribution is 8.01. The molecule has 0 saturated heterocycles. The summed E-state index contributed by atoms with van der Waals surface area (Å²) in [7, 11) is 0. The molecular formula is C11H9N5S2. The lowest BCUT2D eigenvalue weighted by atomic mass is 10.2. The van der Waals surface area contributed by atoms with Crippen LogP contribution < -0.4 is 11.3 Å². The number of hydrogen-bond donors (Lipinski definition) is 2. The zero-order valence-corrected chi connectivity index (χ0v) is 10.8. The Hall–Kier alpha value is -1.70. The minimum Gasteiger partial charge on any atom is -0.292 e. The van der Waals surface area contributed by atoms with Crippen LogP contribution in [0.2, 0.25) is 0 Å². The van der Waals surface area contributed by atoms with Gasteiger partial charge in [0.1, 0.15) is 5.03 Å². The van der Waals surface area contributed by atoms with Crippen LogP contribution in [-0.2, 0) is 0 Å². The Bertz CT molecular complexity index is 668. The topological polar surface area (TPSA) is 76.7 Å². The number of nitrogens with zero attached hydrogens (tertiary/aromatic N) is 3. The maximum absolute atomic E-state index is 5.39. The SMILES string of the molecule is NNc1nc(Sc2nccs2)c2ccccc2n1. The molecule has 0 amide bonds. The highest BCUT2D eigenvalue weighted by Crippen LogP contribution is 2.33. The van der Waals surface area contributed by atoms with E-state index in [1.807, 2.05) is 29.6 Å². The lowest BCUT2D eigenvalue weighted by Crippen LogP contribution is -2.10. The molecular weight excluding hydrogens is 266 g/mol. The van der Waals surface area contributed by atoms with Gasteiger partial charge >= 0.3 is 0 Å². The molecule has 0 aliphatic carbocycles. The van der Waals surface area contributed by atoms with E-state index < -0.39 is 0 Å². The average Bonchev–Trinajstić information content (AvgIpc) is 2.91. The van der Waals surface area contributed by atoms with Crippen LogP contribution in [0, 0.1) is 0 Å². The fourth-order valence-corrected chi connectivity index (χ4v) is 3.18. The Balaban J connectivity index is 2.13. The van der Waals surface area contributed by atoms with Crippen LogP contribution in [0.4, 0.5) is 5.95 Å². The summed E-state index contributed by atoms with van der Waals surface area (Å²) in [5.41, 5.74) is 3.35. The molecule has 0 fully saturated rings. The number of thiazole rings is 1. The minimum atomic E-state index is 0.410. The number of fused-ring (bicyclic) bond motifs is 1. The van der Waals surface area contributed by atoms with Crippen molar-refractivity contribution in [1.82, 2.24) is 15.0 Å². The van der Waals surface area contributed by atoms with Crippen molar-refractivity contribution < 1.29 is 0 Å². The Kier molecular flexibility index (Phi) is 3.09. The predicted octanol–water partition coefficient (Wildman–Crippen LogP) is 2.52. The van der Waals surface area contributed by atoms with E-state index in [1.54, 1.807) is 17.5 Å². The van der Waals surface area contributed by atoms with Gasteiger partial charge < -0.3 is 0 Å². The lowest BCUT2D eigenvalue weighted by Gasteiger charge is -2.06. The molecule has 0 unspecified atom stereocenters. The Morgan fingerprint density at radius 3 is 2.89 bits per heavy atom. The van der Waals surface area contributed by atoms with Gasteiger partial charge in [0.15, 0.2) is 4.34 Å². The first-order chi connectivity index (χ1) is 8.86. The van der Waals surface area contributed by atoms with Crippen molar-refractivity contribution in [2.24, 2.45) is 5.84 Å². The van der Waals surface area contributed by atoms with Crippen molar-refractivity contribution in [1.29, 1.82) is 0 Å². The summed E-state index contributed by atoms with van der Waals surface area (Å²) in [5.74, 6) is 5.80. The Labute approximate surface area is 111 Å². The van der Waals surface area contributed by atoms with Gasteiger partial charge in [-0.15, -0.1) is 11.3 Å². The van der Waals surface area contributed by atoms with Crippen molar-refractivity contribution in [3.05, 3.63) is 35.8 Å². The van der Waals surface area contributed by atoms with Crippen LogP contribution in [0.1, 0.15) is 0 Å². The van der Waals surface area contributed by atoms with E-state index in [1.165, 1.54) is 11.8 Å². The van der Waals surface area contributed by atoms with Gasteiger partial charge in [-0.1, -0.05) is 18.2 Å². The second-order valence-electron chi connectivity index (χ2n) is 3.41. The van der Waals surface area contributed by atoms with Gasteiger partial charge in [0.2, 0.25) is 5.95 Å². The molecule has 0 spiro atoms. The summed E-state index contributed by atoms with van der Waals surface area (Å²) >= 11 is 3.09. The van der Waals surface area contributed by atoms with Gasteiger partial charge in [-0.05, 0) is 17.8 Å². The first-order valence-electron chi connectivity index (χ1n) is 5.17. The zero-order valence-electron chi connectivity index (χ0n) is 9.20. The summed E-state index contributed by atoms with van der Waals surface area (Å²) in [5, 5.41) is 3.79. The highest BCUT2D eigenvalue weighted by atomic mass is 32.2. The molecule has 3 rings (SSSR count). The lowest BCUT2D eigenvalue weighted by molar-refractivity contribution is 1.07. The number of nitrogens with one attached hydrogen (secondary N) is 1. The molecule has 0 aliphatic rings. The van der Waals surface area contributed by atoms with Crippen LogP contribution in [-0.4, -0.2) is 15.0 Å². The van der Waals surface area contributed by atoms with Gasteiger partial charge in [0, 0.05) is 17.0 Å². The van der Waals surface area contributed by atoms with E-state index in [-0.39, 0.29) is 0 Å². The summed E-state index contributed by atoms with van der Waals surface area (Å²) in [6.07, 6.45) is 1.78. The van der Waals surface area contributed by atoms with Crippen LogP contribution in [0.5, 0.6) is 0 Å². The van der Waals surface area contributed by atoms with Crippen LogP contribution in [0.15, 0.2) is 45.2 Å². The molecule has 18 heavy (non-hydrogen) atoms.